The smallest absolute Gasteiger partial charge is 0.235 e. The summed E-state index contributed by atoms with van der Waals surface area (Å²) in [5.41, 5.74) is 0. The van der Waals surface area contributed by atoms with Gasteiger partial charge in [-0.1, -0.05) is 6.42 Å². The molecule has 2 heterocycles. The van der Waals surface area contributed by atoms with Crippen LogP contribution in [0, 0.1) is 0 Å². The molecule has 0 N–H and O–H groups in total. The Morgan fingerprint density at radius 3 is 2.24 bits per heavy atom. The number of piperidine rings is 2. The Hall–Kier alpha value is -0.220. The molecule has 0 saturated carbocycles. The SMILES string of the molecule is CC(S)C(=O)N1CCC(N2CCCCC2)CC1. The van der Waals surface area contributed by atoms with Crippen LogP contribution in [0.1, 0.15) is 39.0 Å². The number of hydrogen-bond donors (Lipinski definition) is 1. The van der Waals surface area contributed by atoms with E-state index in [2.05, 4.69) is 17.5 Å². The van der Waals surface area contributed by atoms with E-state index in [4.69, 9.17) is 0 Å². The summed E-state index contributed by atoms with van der Waals surface area (Å²) >= 11 is 4.23. The molecule has 1 atom stereocenters. The minimum absolute atomic E-state index is 0.151. The second kappa shape index (κ2) is 6.10. The highest BCUT2D eigenvalue weighted by atomic mass is 32.1. The fraction of sp³-hybridized carbons (Fsp3) is 0.923. The van der Waals surface area contributed by atoms with E-state index in [1.807, 2.05) is 11.8 Å². The maximum Gasteiger partial charge on any atom is 0.235 e. The van der Waals surface area contributed by atoms with Gasteiger partial charge in [-0.3, -0.25) is 4.79 Å². The molecule has 2 aliphatic rings. The Kier molecular flexibility index (Phi) is 4.74. The zero-order chi connectivity index (χ0) is 12.3. The summed E-state index contributed by atoms with van der Waals surface area (Å²) in [6.45, 7) is 6.24. The van der Waals surface area contributed by atoms with E-state index in [1.54, 1.807) is 0 Å². The normalized spacial score (nSPS) is 25.9. The zero-order valence-electron chi connectivity index (χ0n) is 10.8. The first-order chi connectivity index (χ1) is 8.18. The highest BCUT2D eigenvalue weighted by Crippen LogP contribution is 2.21. The van der Waals surface area contributed by atoms with Crippen LogP contribution in [0.5, 0.6) is 0 Å². The van der Waals surface area contributed by atoms with Crippen LogP contribution in [0.2, 0.25) is 0 Å². The van der Waals surface area contributed by atoms with Crippen molar-refractivity contribution in [2.24, 2.45) is 0 Å². The third-order valence-corrected chi connectivity index (χ3v) is 4.26. The Morgan fingerprint density at radius 2 is 1.71 bits per heavy atom. The molecule has 2 fully saturated rings. The molecule has 4 heteroatoms. The average molecular weight is 256 g/mol. The lowest BCUT2D eigenvalue weighted by atomic mass is 10.00. The molecule has 0 bridgehead atoms. The molecule has 0 aromatic rings. The Morgan fingerprint density at radius 1 is 1.12 bits per heavy atom. The van der Waals surface area contributed by atoms with Gasteiger partial charge in [0.15, 0.2) is 0 Å². The van der Waals surface area contributed by atoms with Crippen LogP contribution in [0.25, 0.3) is 0 Å². The van der Waals surface area contributed by atoms with Gasteiger partial charge in [-0.15, -0.1) is 0 Å². The molecule has 2 saturated heterocycles. The number of amides is 1. The highest BCUT2D eigenvalue weighted by Gasteiger charge is 2.28. The molecule has 2 rings (SSSR count). The predicted octanol–water partition coefficient (Wildman–Crippen LogP) is 1.78. The standard InChI is InChI=1S/C13H24N2OS/c1-11(17)13(16)15-9-5-12(6-10-15)14-7-3-2-4-8-14/h11-12,17H,2-10H2,1H3. The van der Waals surface area contributed by atoms with E-state index in [1.165, 1.54) is 32.4 Å². The van der Waals surface area contributed by atoms with Crippen molar-refractivity contribution >= 4 is 18.5 Å². The van der Waals surface area contributed by atoms with Gasteiger partial charge < -0.3 is 9.80 Å². The van der Waals surface area contributed by atoms with Crippen LogP contribution in [0.15, 0.2) is 0 Å². The van der Waals surface area contributed by atoms with Gasteiger partial charge in [0.1, 0.15) is 0 Å². The van der Waals surface area contributed by atoms with Crippen LogP contribution in [0.3, 0.4) is 0 Å². The van der Waals surface area contributed by atoms with Gasteiger partial charge in [-0.05, 0) is 45.7 Å². The van der Waals surface area contributed by atoms with Crippen LogP contribution < -0.4 is 0 Å². The van der Waals surface area contributed by atoms with Crippen LogP contribution in [0.4, 0.5) is 0 Å². The molecular formula is C13H24N2OS. The summed E-state index contributed by atoms with van der Waals surface area (Å²) in [6.07, 6.45) is 6.39. The lowest BCUT2D eigenvalue weighted by molar-refractivity contribution is -0.131. The number of carbonyl (C=O) groups excluding carboxylic acids is 1. The molecule has 0 radical (unpaired) electrons. The van der Waals surface area contributed by atoms with Crippen molar-refractivity contribution in [1.82, 2.24) is 9.80 Å². The minimum atomic E-state index is -0.151. The predicted molar refractivity (Wildman–Crippen MR) is 73.5 cm³/mol. The van der Waals surface area contributed by atoms with Crippen molar-refractivity contribution in [3.05, 3.63) is 0 Å². The molecule has 0 aliphatic carbocycles. The lowest BCUT2D eigenvalue weighted by Gasteiger charge is -2.40. The number of hydrogen-bond acceptors (Lipinski definition) is 3. The number of carbonyl (C=O) groups is 1. The van der Waals surface area contributed by atoms with E-state index in [-0.39, 0.29) is 11.2 Å². The molecule has 1 amide bonds. The molecule has 17 heavy (non-hydrogen) atoms. The van der Waals surface area contributed by atoms with E-state index in [9.17, 15) is 4.79 Å². The summed E-state index contributed by atoms with van der Waals surface area (Å²) in [7, 11) is 0. The summed E-state index contributed by atoms with van der Waals surface area (Å²) in [5.74, 6) is 0.199. The molecule has 0 aromatic heterocycles. The minimum Gasteiger partial charge on any atom is -0.342 e. The van der Waals surface area contributed by atoms with Crippen molar-refractivity contribution in [1.29, 1.82) is 0 Å². The quantitative estimate of drug-likeness (QED) is 0.761. The van der Waals surface area contributed by atoms with Gasteiger partial charge in [0.05, 0.1) is 5.25 Å². The Balaban J connectivity index is 1.79. The molecular weight excluding hydrogens is 232 g/mol. The van der Waals surface area contributed by atoms with Gasteiger partial charge in [-0.25, -0.2) is 0 Å². The number of likely N-dealkylation sites (tertiary alicyclic amines) is 2. The molecule has 2 aliphatic heterocycles. The Bertz CT molecular complexity index is 256. The molecule has 0 aromatic carbocycles. The maximum absolute atomic E-state index is 11.8. The third kappa shape index (κ3) is 3.38. The number of nitrogens with zero attached hydrogens (tertiary/aromatic N) is 2. The van der Waals surface area contributed by atoms with Crippen LogP contribution >= 0.6 is 12.6 Å². The van der Waals surface area contributed by atoms with Crippen molar-refractivity contribution < 1.29 is 4.79 Å². The van der Waals surface area contributed by atoms with Gasteiger partial charge in [0.2, 0.25) is 5.91 Å². The number of rotatable bonds is 2. The summed E-state index contributed by atoms with van der Waals surface area (Å²) in [5, 5.41) is -0.151. The van der Waals surface area contributed by atoms with Crippen LogP contribution in [-0.4, -0.2) is 53.2 Å². The van der Waals surface area contributed by atoms with Gasteiger partial charge in [0.25, 0.3) is 0 Å². The van der Waals surface area contributed by atoms with Gasteiger partial charge in [0, 0.05) is 19.1 Å². The topological polar surface area (TPSA) is 23.6 Å². The van der Waals surface area contributed by atoms with Crippen molar-refractivity contribution in [3.63, 3.8) is 0 Å². The van der Waals surface area contributed by atoms with Crippen LogP contribution in [-0.2, 0) is 4.79 Å². The molecule has 98 valence electrons. The fourth-order valence-electron chi connectivity index (χ4n) is 3.00. The molecule has 0 spiro atoms. The van der Waals surface area contributed by atoms with Crippen molar-refractivity contribution in [2.75, 3.05) is 26.2 Å². The average Bonchev–Trinajstić information content (AvgIpc) is 2.39. The third-order valence-electron chi connectivity index (χ3n) is 4.04. The van der Waals surface area contributed by atoms with E-state index in [0.717, 1.165) is 32.0 Å². The second-order valence-electron chi connectivity index (χ2n) is 5.33. The van der Waals surface area contributed by atoms with E-state index < -0.39 is 0 Å². The first kappa shape index (κ1) is 13.2. The van der Waals surface area contributed by atoms with Gasteiger partial charge >= 0.3 is 0 Å². The number of thiol groups is 1. The monoisotopic (exact) mass is 256 g/mol. The maximum atomic E-state index is 11.8. The first-order valence-electron chi connectivity index (χ1n) is 6.89. The first-order valence-corrected chi connectivity index (χ1v) is 7.41. The van der Waals surface area contributed by atoms with E-state index in [0.29, 0.717) is 0 Å². The molecule has 1 unspecified atom stereocenters. The van der Waals surface area contributed by atoms with Crippen molar-refractivity contribution in [2.45, 2.75) is 50.3 Å². The van der Waals surface area contributed by atoms with Crippen molar-refractivity contribution in [3.8, 4) is 0 Å². The lowest BCUT2D eigenvalue weighted by Crippen LogP contribution is -2.49. The van der Waals surface area contributed by atoms with Gasteiger partial charge in [-0.2, -0.15) is 12.6 Å². The molecule has 3 nitrogen and oxygen atoms in total. The largest absolute Gasteiger partial charge is 0.342 e. The fourth-order valence-corrected chi connectivity index (χ4v) is 3.16. The highest BCUT2D eigenvalue weighted by molar-refractivity contribution is 7.81. The summed E-state index contributed by atoms with van der Waals surface area (Å²) in [6, 6.07) is 0.717. The van der Waals surface area contributed by atoms with E-state index >= 15 is 0 Å². The summed E-state index contributed by atoms with van der Waals surface area (Å²) < 4.78 is 0. The second-order valence-corrected chi connectivity index (χ2v) is 6.10. The Labute approximate surface area is 110 Å². The zero-order valence-corrected chi connectivity index (χ0v) is 11.7. The summed E-state index contributed by atoms with van der Waals surface area (Å²) in [4.78, 5) is 16.4.